The van der Waals surface area contributed by atoms with Gasteiger partial charge in [0.1, 0.15) is 22.7 Å². The Kier molecular flexibility index (Phi) is 5.14. The summed E-state index contributed by atoms with van der Waals surface area (Å²) in [4.78, 5) is 41.1. The Morgan fingerprint density at radius 2 is 0.714 bits per heavy atom. The number of nitrogens with zero attached hydrogens (tertiary/aromatic N) is 8. The first-order valence-electron chi connectivity index (χ1n) is 13.7. The second-order valence-corrected chi connectivity index (χ2v) is 10.7. The molecule has 0 atom stereocenters. The van der Waals surface area contributed by atoms with Crippen LogP contribution in [-0.2, 0) is 0 Å². The van der Waals surface area contributed by atoms with E-state index in [1.807, 2.05) is 111 Å². The van der Waals surface area contributed by atoms with Crippen molar-refractivity contribution in [2.45, 2.75) is 0 Å². The number of aromatic amines is 2. The van der Waals surface area contributed by atoms with Gasteiger partial charge in [-0.3, -0.25) is 0 Å². The predicted molar refractivity (Wildman–Crippen MR) is 167 cm³/mol. The maximum Gasteiger partial charge on any atom is 0.164 e. The Morgan fingerprint density at radius 1 is 0.405 bits per heavy atom. The second-order valence-electron chi connectivity index (χ2n) is 10.7. The molecule has 2 aliphatic heterocycles. The summed E-state index contributed by atoms with van der Waals surface area (Å²) in [7, 11) is 8.00. The molecule has 6 aromatic rings. The zero-order valence-corrected chi connectivity index (χ0v) is 23.5. The van der Waals surface area contributed by atoms with Crippen LogP contribution < -0.4 is 9.80 Å². The minimum Gasteiger partial charge on any atom is -0.373 e. The topological polar surface area (TPSA) is 115 Å². The Labute approximate surface area is 240 Å². The quantitative estimate of drug-likeness (QED) is 0.276. The molecule has 204 valence electrons. The highest BCUT2D eigenvalue weighted by molar-refractivity contribution is 6.05. The molecule has 5 heterocycles. The summed E-state index contributed by atoms with van der Waals surface area (Å²) in [5.74, 6) is 2.34. The van der Waals surface area contributed by atoms with Crippen LogP contribution in [0.1, 0.15) is 0 Å². The number of fused-ring (bicyclic) bond motifs is 17. The minimum absolute atomic E-state index is 0.581. The summed E-state index contributed by atoms with van der Waals surface area (Å²) < 4.78 is 0. The van der Waals surface area contributed by atoms with Gasteiger partial charge in [-0.15, -0.1) is 0 Å². The molecule has 0 aliphatic carbocycles. The summed E-state index contributed by atoms with van der Waals surface area (Å²) in [5.41, 5.74) is 8.12. The third-order valence-electron chi connectivity index (χ3n) is 7.59. The average molecular weight is 551 g/mol. The molecule has 3 aromatic heterocycles. The average Bonchev–Trinajstić information content (AvgIpc) is 3.72. The number of H-pyrrole nitrogens is 2. The molecule has 0 saturated heterocycles. The summed E-state index contributed by atoms with van der Waals surface area (Å²) in [6.45, 7) is 0. The largest absolute Gasteiger partial charge is 0.373 e. The van der Waals surface area contributed by atoms with E-state index in [1.165, 1.54) is 0 Å². The molecule has 42 heavy (non-hydrogen) atoms. The van der Waals surface area contributed by atoms with Gasteiger partial charge in [0.2, 0.25) is 0 Å². The minimum atomic E-state index is 0.581. The zero-order chi connectivity index (χ0) is 28.5. The van der Waals surface area contributed by atoms with Crippen LogP contribution in [-0.4, -0.2) is 68.1 Å². The molecular weight excluding hydrogens is 524 g/mol. The summed E-state index contributed by atoms with van der Waals surface area (Å²) in [6.07, 6.45) is 0. The standard InChI is InChI=1S/C32H26N10/c1-41(2)23-24(42(3)4)32-39-30-22-16-10-8-14-20(22)28(37-30)35-26-18-12-6-5-11-17(18)25(33-26)34-27-19-13-7-9-15-21(19)29(36-27)38-31(23)40-32/h5-16H,1-4H3,(H2,33,34,35,36,37,38,39,40). The number of hydrogen-bond acceptors (Lipinski definition) is 8. The van der Waals surface area contributed by atoms with E-state index in [1.54, 1.807) is 0 Å². The van der Waals surface area contributed by atoms with Crippen LogP contribution in [0, 0.1) is 0 Å². The first-order chi connectivity index (χ1) is 20.5. The normalized spacial score (nSPS) is 11.8. The molecule has 8 bridgehead atoms. The maximum atomic E-state index is 5.08. The lowest BCUT2D eigenvalue weighted by Gasteiger charge is -2.18. The third kappa shape index (κ3) is 3.58. The van der Waals surface area contributed by atoms with Gasteiger partial charge >= 0.3 is 0 Å². The molecule has 0 saturated carbocycles. The van der Waals surface area contributed by atoms with Crippen molar-refractivity contribution in [2.75, 3.05) is 38.0 Å². The van der Waals surface area contributed by atoms with E-state index in [0.29, 0.717) is 45.9 Å². The molecule has 10 heteroatoms. The lowest BCUT2D eigenvalue weighted by Crippen LogP contribution is -2.15. The monoisotopic (exact) mass is 550 g/mol. The molecule has 0 radical (unpaired) electrons. The van der Waals surface area contributed by atoms with Crippen molar-refractivity contribution in [3.63, 3.8) is 0 Å². The van der Waals surface area contributed by atoms with E-state index < -0.39 is 0 Å². The van der Waals surface area contributed by atoms with E-state index >= 15 is 0 Å². The van der Waals surface area contributed by atoms with Gasteiger partial charge in [-0.2, -0.15) is 0 Å². The van der Waals surface area contributed by atoms with Crippen molar-refractivity contribution >= 4 is 44.7 Å². The van der Waals surface area contributed by atoms with E-state index in [9.17, 15) is 0 Å². The molecule has 3 aromatic carbocycles. The number of anilines is 2. The van der Waals surface area contributed by atoms with Crippen molar-refractivity contribution in [2.24, 2.45) is 0 Å². The van der Waals surface area contributed by atoms with Gasteiger partial charge in [0.25, 0.3) is 0 Å². The smallest absolute Gasteiger partial charge is 0.164 e. The molecule has 0 spiro atoms. The van der Waals surface area contributed by atoms with Gasteiger partial charge in [0, 0.05) is 61.2 Å². The van der Waals surface area contributed by atoms with Crippen LogP contribution in [0.5, 0.6) is 0 Å². The molecule has 8 rings (SSSR count). The summed E-state index contributed by atoms with van der Waals surface area (Å²) in [6, 6.07) is 24.2. The summed E-state index contributed by atoms with van der Waals surface area (Å²) >= 11 is 0. The van der Waals surface area contributed by atoms with Crippen molar-refractivity contribution in [1.82, 2.24) is 39.9 Å². The van der Waals surface area contributed by atoms with E-state index in [0.717, 1.165) is 44.4 Å². The van der Waals surface area contributed by atoms with Crippen LogP contribution in [0.2, 0.25) is 0 Å². The van der Waals surface area contributed by atoms with Crippen LogP contribution in [0.15, 0.2) is 72.8 Å². The number of nitrogens with one attached hydrogen (secondary N) is 2. The number of aromatic nitrogens is 8. The van der Waals surface area contributed by atoms with Crippen molar-refractivity contribution in [1.29, 1.82) is 0 Å². The van der Waals surface area contributed by atoms with Gasteiger partial charge in [-0.05, 0) is 0 Å². The lowest BCUT2D eigenvalue weighted by molar-refractivity contribution is 1.09. The molecule has 0 unspecified atom stereocenters. The highest BCUT2D eigenvalue weighted by Gasteiger charge is 2.24. The fraction of sp³-hybridized carbons (Fsp3) is 0.125. The van der Waals surface area contributed by atoms with E-state index in [4.69, 9.17) is 29.9 Å². The number of rotatable bonds is 2. The lowest BCUT2D eigenvalue weighted by atomic mass is 10.1. The molecule has 2 N–H and O–H groups in total. The molecular formula is C32H26N10. The second kappa shape index (κ2) is 8.93. The van der Waals surface area contributed by atoms with Crippen LogP contribution in [0.3, 0.4) is 0 Å². The van der Waals surface area contributed by atoms with Gasteiger partial charge in [0.15, 0.2) is 34.6 Å². The Morgan fingerprint density at radius 3 is 1.07 bits per heavy atom. The first kappa shape index (κ1) is 24.2. The molecule has 2 aliphatic rings. The SMILES string of the molecule is CN(C)c1c(N(C)C)c2nc3nc(nc4[nH]c(nc5nc(nc1[nH]2)-c1ccccc1-5)c1ccccc41)-c1ccccc1-3. The molecule has 10 nitrogen and oxygen atoms in total. The predicted octanol–water partition coefficient (Wildman–Crippen LogP) is 5.85. The van der Waals surface area contributed by atoms with Gasteiger partial charge in [-0.1, -0.05) is 72.8 Å². The van der Waals surface area contributed by atoms with Gasteiger partial charge < -0.3 is 19.8 Å². The molecule has 0 amide bonds. The van der Waals surface area contributed by atoms with E-state index in [-0.39, 0.29) is 0 Å². The highest BCUT2D eigenvalue weighted by atomic mass is 15.2. The Balaban J connectivity index is 1.60. The van der Waals surface area contributed by atoms with Crippen molar-refractivity contribution < 1.29 is 0 Å². The number of hydrogen-bond donors (Lipinski definition) is 2. The third-order valence-corrected chi connectivity index (χ3v) is 7.59. The van der Waals surface area contributed by atoms with Crippen LogP contribution in [0.4, 0.5) is 11.4 Å². The van der Waals surface area contributed by atoms with Crippen LogP contribution in [0.25, 0.3) is 78.9 Å². The van der Waals surface area contributed by atoms with Crippen LogP contribution >= 0.6 is 0 Å². The van der Waals surface area contributed by atoms with Gasteiger partial charge in [0.05, 0.1) is 0 Å². The fourth-order valence-corrected chi connectivity index (χ4v) is 5.74. The van der Waals surface area contributed by atoms with Crippen molar-refractivity contribution in [3.8, 4) is 45.6 Å². The molecule has 0 fully saturated rings. The first-order valence-corrected chi connectivity index (χ1v) is 13.7. The highest BCUT2D eigenvalue weighted by Crippen LogP contribution is 2.39. The zero-order valence-electron chi connectivity index (χ0n) is 23.5. The fourth-order valence-electron chi connectivity index (χ4n) is 5.74. The van der Waals surface area contributed by atoms with Gasteiger partial charge in [-0.25, -0.2) is 29.9 Å². The maximum absolute atomic E-state index is 5.08. The number of benzene rings is 3. The van der Waals surface area contributed by atoms with Crippen molar-refractivity contribution in [3.05, 3.63) is 72.8 Å². The summed E-state index contributed by atoms with van der Waals surface area (Å²) in [5, 5.41) is 1.90. The Bertz CT molecular complexity index is 2070. The Hall–Kier alpha value is -5.64. The van der Waals surface area contributed by atoms with E-state index in [2.05, 4.69) is 9.97 Å².